The Balaban J connectivity index is 1.41. The van der Waals surface area contributed by atoms with Gasteiger partial charge in [0.05, 0.1) is 28.3 Å². The first-order valence-corrected chi connectivity index (χ1v) is 12.1. The SMILES string of the molecule is CNc1cc(F)cc2c1[nH]c1nc(Oc3cnc4scnc4c3)nc(N3CC4CC3CC4N)c12. The summed E-state index contributed by atoms with van der Waals surface area (Å²) in [6.07, 6.45) is 3.59. The zero-order valence-corrected chi connectivity index (χ0v) is 19.1. The van der Waals surface area contributed by atoms with E-state index >= 15 is 0 Å². The number of rotatable bonds is 4. The van der Waals surface area contributed by atoms with E-state index < -0.39 is 0 Å². The van der Waals surface area contributed by atoms with Crippen molar-refractivity contribution in [2.24, 2.45) is 11.7 Å². The number of piperidine rings is 1. The van der Waals surface area contributed by atoms with Crippen molar-refractivity contribution in [3.63, 3.8) is 0 Å². The lowest BCUT2D eigenvalue weighted by molar-refractivity contribution is 0.439. The van der Waals surface area contributed by atoms with Crippen LogP contribution in [0.1, 0.15) is 12.8 Å². The summed E-state index contributed by atoms with van der Waals surface area (Å²) < 4.78 is 20.6. The third kappa shape index (κ3) is 2.93. The quantitative estimate of drug-likeness (QED) is 0.356. The average Bonchev–Trinajstić information content (AvgIpc) is 3.60. The van der Waals surface area contributed by atoms with Gasteiger partial charge < -0.3 is 25.7 Å². The van der Waals surface area contributed by atoms with E-state index in [2.05, 4.69) is 30.2 Å². The Hall–Kier alpha value is -3.57. The molecule has 7 rings (SSSR count). The van der Waals surface area contributed by atoms with Gasteiger partial charge in [-0.25, -0.2) is 14.4 Å². The van der Waals surface area contributed by atoms with Gasteiger partial charge in [-0.05, 0) is 30.9 Å². The Labute approximate surface area is 197 Å². The van der Waals surface area contributed by atoms with Crippen molar-refractivity contribution in [3.8, 4) is 11.8 Å². The molecule has 1 saturated carbocycles. The van der Waals surface area contributed by atoms with Crippen molar-refractivity contribution in [1.29, 1.82) is 0 Å². The maximum atomic E-state index is 14.5. The summed E-state index contributed by atoms with van der Waals surface area (Å²) in [6.45, 7) is 0.810. The third-order valence-corrected chi connectivity index (χ3v) is 7.74. The molecular formula is C23H21FN8OS. The molecule has 11 heteroatoms. The number of hydrogen-bond donors (Lipinski definition) is 3. The van der Waals surface area contributed by atoms with Crippen LogP contribution in [-0.2, 0) is 0 Å². The number of nitrogens with one attached hydrogen (secondary N) is 2. The average molecular weight is 477 g/mol. The number of aromatic amines is 1. The molecule has 1 aromatic carbocycles. The van der Waals surface area contributed by atoms with Crippen LogP contribution in [0, 0.1) is 11.7 Å². The van der Waals surface area contributed by atoms with Crippen LogP contribution in [0.25, 0.3) is 32.3 Å². The second kappa shape index (κ2) is 7.21. The highest BCUT2D eigenvalue weighted by Crippen LogP contribution is 2.44. The van der Waals surface area contributed by atoms with Crippen LogP contribution >= 0.6 is 11.3 Å². The monoisotopic (exact) mass is 476 g/mol. The van der Waals surface area contributed by atoms with Crippen LogP contribution in [0.5, 0.6) is 11.8 Å². The molecule has 0 radical (unpaired) electrons. The molecule has 1 aliphatic heterocycles. The van der Waals surface area contributed by atoms with Crippen LogP contribution in [0.2, 0.25) is 0 Å². The van der Waals surface area contributed by atoms with E-state index in [4.69, 9.17) is 15.5 Å². The molecule has 34 heavy (non-hydrogen) atoms. The van der Waals surface area contributed by atoms with Crippen molar-refractivity contribution < 1.29 is 9.13 Å². The number of benzene rings is 1. The molecule has 3 unspecified atom stereocenters. The Morgan fingerprint density at radius 1 is 1.24 bits per heavy atom. The van der Waals surface area contributed by atoms with Gasteiger partial charge in [0.1, 0.15) is 27.6 Å². The first kappa shape index (κ1) is 19.9. The van der Waals surface area contributed by atoms with E-state index in [0.29, 0.717) is 29.0 Å². The van der Waals surface area contributed by atoms with E-state index in [1.54, 1.807) is 18.8 Å². The normalized spacial score (nSPS) is 21.9. The summed E-state index contributed by atoms with van der Waals surface area (Å²) in [4.78, 5) is 24.7. The predicted molar refractivity (Wildman–Crippen MR) is 130 cm³/mol. The smallest absolute Gasteiger partial charge is 0.326 e. The molecule has 5 aromatic rings. The predicted octanol–water partition coefficient (Wildman–Crippen LogP) is 4.01. The maximum absolute atomic E-state index is 14.5. The number of nitrogens with two attached hydrogens (primary N) is 1. The fourth-order valence-electron chi connectivity index (χ4n) is 5.43. The Morgan fingerprint density at radius 3 is 2.94 bits per heavy atom. The standard InChI is InChI=1S/C23H21FN8OS/c1-26-16-4-11(24)3-14-18-20(29-19(14)16)30-23(33-13-6-17-22(27-7-13)34-9-28-17)31-21(18)32-8-10-2-12(32)5-15(10)25/h3-4,6-7,9-10,12,15,26H,2,5,8,25H2,1H3,(H,29,30,31). The van der Waals surface area contributed by atoms with Gasteiger partial charge in [-0.2, -0.15) is 9.97 Å². The number of aromatic nitrogens is 5. The summed E-state index contributed by atoms with van der Waals surface area (Å²) >= 11 is 1.47. The minimum absolute atomic E-state index is 0.198. The molecule has 2 fully saturated rings. The van der Waals surface area contributed by atoms with Gasteiger partial charge in [0.15, 0.2) is 5.75 Å². The summed E-state index contributed by atoms with van der Waals surface area (Å²) in [5.41, 5.74) is 10.8. The van der Waals surface area contributed by atoms with Crippen molar-refractivity contribution in [2.75, 3.05) is 23.8 Å². The van der Waals surface area contributed by atoms with Gasteiger partial charge in [-0.1, -0.05) is 0 Å². The number of fused-ring (bicyclic) bond motifs is 6. The van der Waals surface area contributed by atoms with Gasteiger partial charge in [0.2, 0.25) is 0 Å². The second-order valence-corrected chi connectivity index (χ2v) is 9.79. The largest absolute Gasteiger partial charge is 0.422 e. The van der Waals surface area contributed by atoms with Crippen molar-refractivity contribution in [3.05, 3.63) is 35.7 Å². The molecule has 172 valence electrons. The molecule has 9 nitrogen and oxygen atoms in total. The zero-order chi connectivity index (χ0) is 23.0. The number of hydrogen-bond acceptors (Lipinski definition) is 9. The number of thiazole rings is 1. The number of pyridine rings is 1. The summed E-state index contributed by atoms with van der Waals surface area (Å²) in [5.74, 6) is 1.34. The number of ether oxygens (including phenoxy) is 1. The fraction of sp³-hybridized carbons (Fsp3) is 0.304. The molecule has 1 aliphatic carbocycles. The van der Waals surface area contributed by atoms with E-state index in [1.807, 2.05) is 6.07 Å². The molecule has 2 bridgehead atoms. The molecule has 4 aromatic heterocycles. The van der Waals surface area contributed by atoms with Crippen molar-refractivity contribution in [1.82, 2.24) is 24.9 Å². The van der Waals surface area contributed by atoms with Gasteiger partial charge >= 0.3 is 6.01 Å². The minimum Gasteiger partial charge on any atom is -0.422 e. The highest BCUT2D eigenvalue weighted by Gasteiger charge is 2.44. The van der Waals surface area contributed by atoms with Crippen molar-refractivity contribution >= 4 is 55.1 Å². The zero-order valence-electron chi connectivity index (χ0n) is 18.2. The van der Waals surface area contributed by atoms with Crippen LogP contribution in [0.15, 0.2) is 29.9 Å². The molecule has 3 atom stereocenters. The lowest BCUT2D eigenvalue weighted by Crippen LogP contribution is -2.41. The highest BCUT2D eigenvalue weighted by molar-refractivity contribution is 7.16. The molecule has 0 spiro atoms. The number of nitrogens with zero attached hydrogens (tertiary/aromatic N) is 5. The minimum atomic E-state index is -0.323. The summed E-state index contributed by atoms with van der Waals surface area (Å²) in [5, 5.41) is 4.59. The molecular weight excluding hydrogens is 455 g/mol. The third-order valence-electron chi connectivity index (χ3n) is 7.00. The molecule has 2 aliphatic rings. The number of halogens is 1. The lowest BCUT2D eigenvalue weighted by Gasteiger charge is -2.31. The lowest BCUT2D eigenvalue weighted by atomic mass is 10.0. The number of anilines is 2. The Morgan fingerprint density at radius 2 is 2.15 bits per heavy atom. The first-order chi connectivity index (χ1) is 16.6. The number of H-pyrrole nitrogens is 1. The Bertz CT molecular complexity index is 1580. The molecule has 5 heterocycles. The van der Waals surface area contributed by atoms with Crippen molar-refractivity contribution in [2.45, 2.75) is 24.9 Å². The summed E-state index contributed by atoms with van der Waals surface area (Å²) in [7, 11) is 1.77. The van der Waals surface area contributed by atoms with E-state index in [-0.39, 0.29) is 17.9 Å². The van der Waals surface area contributed by atoms with E-state index in [0.717, 1.165) is 51.8 Å². The topological polar surface area (TPSA) is 118 Å². The van der Waals surface area contributed by atoms with Gasteiger partial charge in [-0.3, -0.25) is 0 Å². The molecule has 4 N–H and O–H groups in total. The highest BCUT2D eigenvalue weighted by atomic mass is 32.1. The van der Waals surface area contributed by atoms with E-state index in [1.165, 1.54) is 23.5 Å². The fourth-order valence-corrected chi connectivity index (χ4v) is 6.04. The summed E-state index contributed by atoms with van der Waals surface area (Å²) in [6, 6.07) is 5.52. The van der Waals surface area contributed by atoms with Crippen LogP contribution < -0.4 is 20.7 Å². The van der Waals surface area contributed by atoms with Gasteiger partial charge in [0.25, 0.3) is 0 Å². The first-order valence-electron chi connectivity index (χ1n) is 11.2. The van der Waals surface area contributed by atoms with Crippen LogP contribution in [0.4, 0.5) is 15.9 Å². The van der Waals surface area contributed by atoms with Crippen LogP contribution in [-0.4, -0.2) is 50.6 Å². The van der Waals surface area contributed by atoms with E-state index in [9.17, 15) is 4.39 Å². The van der Waals surface area contributed by atoms with Gasteiger partial charge in [0, 0.05) is 37.1 Å². The second-order valence-electron chi connectivity index (χ2n) is 8.96. The van der Waals surface area contributed by atoms with Crippen LogP contribution in [0.3, 0.4) is 0 Å². The molecule has 0 amide bonds. The molecule has 1 saturated heterocycles. The maximum Gasteiger partial charge on any atom is 0.326 e. The van der Waals surface area contributed by atoms with Gasteiger partial charge in [-0.15, -0.1) is 11.3 Å². The Kier molecular flexibility index (Phi) is 4.21.